The summed E-state index contributed by atoms with van der Waals surface area (Å²) in [4.78, 5) is 18.9. The molecule has 1 amide bonds. The number of aryl methyl sites for hydroxylation is 1. The van der Waals surface area contributed by atoms with Gasteiger partial charge >= 0.3 is 0 Å². The zero-order chi connectivity index (χ0) is 13.0. The molecule has 1 aliphatic rings. The fourth-order valence-corrected chi connectivity index (χ4v) is 1.98. The van der Waals surface area contributed by atoms with E-state index in [4.69, 9.17) is 5.21 Å². The van der Waals surface area contributed by atoms with E-state index in [1.807, 2.05) is 13.0 Å². The molecule has 1 aromatic rings. The molecule has 1 fully saturated rings. The molecule has 1 aliphatic heterocycles. The van der Waals surface area contributed by atoms with E-state index in [9.17, 15) is 4.79 Å². The van der Waals surface area contributed by atoms with Crippen molar-refractivity contribution >= 4 is 18.4 Å². The summed E-state index contributed by atoms with van der Waals surface area (Å²) in [7, 11) is 0. The van der Waals surface area contributed by atoms with Gasteiger partial charge in [0.05, 0.1) is 6.21 Å². The summed E-state index contributed by atoms with van der Waals surface area (Å²) in [5.41, 5.74) is 1.81. The van der Waals surface area contributed by atoms with Crippen LogP contribution in [0.4, 0.5) is 5.82 Å². The Labute approximate surface area is 106 Å². The lowest BCUT2D eigenvalue weighted by atomic mass is 10.1. The molecule has 6 nitrogen and oxygen atoms in total. The van der Waals surface area contributed by atoms with Gasteiger partial charge < -0.3 is 15.0 Å². The molecule has 0 atom stereocenters. The first-order valence-corrected chi connectivity index (χ1v) is 5.83. The van der Waals surface area contributed by atoms with Gasteiger partial charge in [-0.15, -0.1) is 0 Å². The number of carbonyl (C=O) groups excluding carboxylic acids is 1. The SMILES string of the molecule is Cc1cc(N2CCN(C=O)CC2)ncc1/C=N\O. The second kappa shape index (κ2) is 5.48. The van der Waals surface area contributed by atoms with E-state index >= 15 is 0 Å². The van der Waals surface area contributed by atoms with Crippen LogP contribution in [0.15, 0.2) is 17.4 Å². The third-order valence-electron chi connectivity index (χ3n) is 3.12. The maximum atomic E-state index is 10.6. The molecule has 0 bridgehead atoms. The number of anilines is 1. The predicted molar refractivity (Wildman–Crippen MR) is 68.2 cm³/mol. The third kappa shape index (κ3) is 2.58. The number of nitrogens with zero attached hydrogens (tertiary/aromatic N) is 4. The molecule has 0 radical (unpaired) electrons. The highest BCUT2D eigenvalue weighted by molar-refractivity contribution is 5.81. The number of piperazine rings is 1. The summed E-state index contributed by atoms with van der Waals surface area (Å²) in [6, 6.07) is 1.97. The highest BCUT2D eigenvalue weighted by Crippen LogP contribution is 2.16. The second-order valence-electron chi connectivity index (χ2n) is 4.27. The van der Waals surface area contributed by atoms with Crippen molar-refractivity contribution in [1.82, 2.24) is 9.88 Å². The number of hydrogen-bond acceptors (Lipinski definition) is 5. The molecule has 2 rings (SSSR count). The molecule has 0 unspecified atom stereocenters. The largest absolute Gasteiger partial charge is 0.411 e. The van der Waals surface area contributed by atoms with Crippen molar-refractivity contribution < 1.29 is 10.0 Å². The van der Waals surface area contributed by atoms with Gasteiger partial charge in [-0.2, -0.15) is 0 Å². The van der Waals surface area contributed by atoms with Crippen LogP contribution in [0.2, 0.25) is 0 Å². The van der Waals surface area contributed by atoms with Crippen molar-refractivity contribution in [2.75, 3.05) is 31.1 Å². The standard InChI is InChI=1S/C12H16N4O2/c1-10-6-12(13-7-11(10)8-14-18)16-4-2-15(9-17)3-5-16/h6-9,18H,2-5H2,1H3/b14-8-. The highest BCUT2D eigenvalue weighted by atomic mass is 16.4. The fourth-order valence-electron chi connectivity index (χ4n) is 1.98. The van der Waals surface area contributed by atoms with Crippen molar-refractivity contribution in [2.45, 2.75) is 6.92 Å². The Kier molecular flexibility index (Phi) is 3.76. The van der Waals surface area contributed by atoms with Gasteiger partial charge in [0.1, 0.15) is 5.82 Å². The average molecular weight is 248 g/mol. The molecular weight excluding hydrogens is 232 g/mol. The average Bonchev–Trinajstić information content (AvgIpc) is 2.41. The first-order chi connectivity index (χ1) is 8.74. The van der Waals surface area contributed by atoms with Crippen LogP contribution >= 0.6 is 0 Å². The first-order valence-electron chi connectivity index (χ1n) is 5.83. The molecular formula is C12H16N4O2. The Balaban J connectivity index is 2.10. The Bertz CT molecular complexity index is 453. The first kappa shape index (κ1) is 12.3. The van der Waals surface area contributed by atoms with Gasteiger partial charge in [-0.05, 0) is 18.6 Å². The smallest absolute Gasteiger partial charge is 0.209 e. The van der Waals surface area contributed by atoms with Gasteiger partial charge in [0, 0.05) is 37.9 Å². The summed E-state index contributed by atoms with van der Waals surface area (Å²) in [6.07, 6.45) is 3.95. The minimum absolute atomic E-state index is 0.726. The molecule has 0 aliphatic carbocycles. The van der Waals surface area contributed by atoms with Gasteiger partial charge in [-0.1, -0.05) is 5.16 Å². The molecule has 96 valence electrons. The van der Waals surface area contributed by atoms with Crippen molar-refractivity contribution in [2.24, 2.45) is 5.16 Å². The van der Waals surface area contributed by atoms with E-state index < -0.39 is 0 Å². The van der Waals surface area contributed by atoms with E-state index in [2.05, 4.69) is 15.0 Å². The van der Waals surface area contributed by atoms with E-state index in [1.165, 1.54) is 6.21 Å². The Hall–Kier alpha value is -2.11. The van der Waals surface area contributed by atoms with Crippen molar-refractivity contribution in [1.29, 1.82) is 0 Å². The van der Waals surface area contributed by atoms with E-state index in [-0.39, 0.29) is 0 Å². The maximum absolute atomic E-state index is 10.6. The minimum atomic E-state index is 0.726. The minimum Gasteiger partial charge on any atom is -0.411 e. The fraction of sp³-hybridized carbons (Fsp3) is 0.417. The van der Waals surface area contributed by atoms with E-state index in [0.29, 0.717) is 0 Å². The predicted octanol–water partition coefficient (Wildman–Crippen LogP) is 0.477. The van der Waals surface area contributed by atoms with E-state index in [1.54, 1.807) is 11.1 Å². The van der Waals surface area contributed by atoms with Crippen LogP contribution < -0.4 is 4.90 Å². The van der Waals surface area contributed by atoms with Gasteiger partial charge in [0.2, 0.25) is 6.41 Å². The number of carbonyl (C=O) groups is 1. The van der Waals surface area contributed by atoms with Crippen LogP contribution in [0.5, 0.6) is 0 Å². The lowest BCUT2D eigenvalue weighted by molar-refractivity contribution is -0.118. The molecule has 0 saturated carbocycles. The maximum Gasteiger partial charge on any atom is 0.209 e. The Morgan fingerprint density at radius 3 is 2.67 bits per heavy atom. The normalized spacial score (nSPS) is 16.3. The second-order valence-corrected chi connectivity index (χ2v) is 4.27. The zero-order valence-corrected chi connectivity index (χ0v) is 10.3. The van der Waals surface area contributed by atoms with Crippen LogP contribution in [-0.2, 0) is 4.79 Å². The van der Waals surface area contributed by atoms with Crippen molar-refractivity contribution in [3.8, 4) is 0 Å². The molecule has 2 heterocycles. The van der Waals surface area contributed by atoms with Crippen LogP contribution in [0, 0.1) is 6.92 Å². The van der Waals surface area contributed by atoms with Crippen LogP contribution in [0.25, 0.3) is 0 Å². The highest BCUT2D eigenvalue weighted by Gasteiger charge is 2.16. The Morgan fingerprint density at radius 2 is 2.11 bits per heavy atom. The summed E-state index contributed by atoms with van der Waals surface area (Å²) in [5.74, 6) is 0.896. The van der Waals surface area contributed by atoms with Crippen molar-refractivity contribution in [3.63, 3.8) is 0 Å². The summed E-state index contributed by atoms with van der Waals surface area (Å²) in [5, 5.41) is 11.5. The third-order valence-corrected chi connectivity index (χ3v) is 3.12. The van der Waals surface area contributed by atoms with Crippen LogP contribution in [0.3, 0.4) is 0 Å². The monoisotopic (exact) mass is 248 g/mol. The van der Waals surface area contributed by atoms with Crippen molar-refractivity contribution in [3.05, 3.63) is 23.4 Å². The van der Waals surface area contributed by atoms with Gasteiger partial charge in [-0.3, -0.25) is 4.79 Å². The lowest BCUT2D eigenvalue weighted by Crippen LogP contribution is -2.46. The molecule has 1 aromatic heterocycles. The quantitative estimate of drug-likeness (QED) is 0.365. The zero-order valence-electron chi connectivity index (χ0n) is 10.3. The molecule has 1 saturated heterocycles. The number of pyridine rings is 1. The molecule has 1 N–H and O–H groups in total. The van der Waals surface area contributed by atoms with Crippen LogP contribution in [-0.4, -0.2) is 53.9 Å². The summed E-state index contributed by atoms with van der Waals surface area (Å²) >= 11 is 0. The number of rotatable bonds is 3. The molecule has 0 aromatic carbocycles. The van der Waals surface area contributed by atoms with Gasteiger partial charge in [-0.25, -0.2) is 4.98 Å². The Morgan fingerprint density at radius 1 is 1.39 bits per heavy atom. The number of amides is 1. The van der Waals surface area contributed by atoms with E-state index in [0.717, 1.165) is 49.5 Å². The molecule has 0 spiro atoms. The number of aromatic nitrogens is 1. The molecule has 18 heavy (non-hydrogen) atoms. The number of hydrogen-bond donors (Lipinski definition) is 1. The summed E-state index contributed by atoms with van der Waals surface area (Å²) < 4.78 is 0. The lowest BCUT2D eigenvalue weighted by Gasteiger charge is -2.33. The topological polar surface area (TPSA) is 69.0 Å². The van der Waals surface area contributed by atoms with Crippen LogP contribution in [0.1, 0.15) is 11.1 Å². The molecule has 6 heteroatoms. The summed E-state index contributed by atoms with van der Waals surface area (Å²) in [6.45, 7) is 4.98. The number of oxime groups is 1. The van der Waals surface area contributed by atoms with Gasteiger partial charge in [0.15, 0.2) is 0 Å². The van der Waals surface area contributed by atoms with Gasteiger partial charge in [0.25, 0.3) is 0 Å².